The van der Waals surface area contributed by atoms with Crippen molar-refractivity contribution in [2.45, 2.75) is 24.9 Å². The van der Waals surface area contributed by atoms with Crippen molar-refractivity contribution >= 4 is 5.95 Å². The fraction of sp³-hybridized carbons (Fsp3) is 0.556. The van der Waals surface area contributed by atoms with Crippen molar-refractivity contribution in [2.75, 3.05) is 6.61 Å². The van der Waals surface area contributed by atoms with Crippen molar-refractivity contribution in [3.8, 4) is 0 Å². The Morgan fingerprint density at radius 2 is 2.50 bits per heavy atom. The van der Waals surface area contributed by atoms with E-state index in [-0.39, 0.29) is 19.0 Å². The maximum absolute atomic E-state index is 11.1. The van der Waals surface area contributed by atoms with Crippen LogP contribution >= 0.6 is 0 Å². The smallest absolute Gasteiger partial charge is 0.273 e. The number of rotatable bonds is 3. The Morgan fingerprint density at radius 1 is 1.72 bits per heavy atom. The molecule has 0 amide bonds. The first-order valence-electron chi connectivity index (χ1n) is 5.24. The molecular weight excluding hydrogens is 242 g/mol. The first-order chi connectivity index (χ1) is 8.65. The molecule has 18 heavy (non-hydrogen) atoms. The summed E-state index contributed by atoms with van der Waals surface area (Å²) in [5, 5.41) is 21.9. The maximum Gasteiger partial charge on any atom is 0.273 e. The highest BCUT2D eigenvalue weighted by molar-refractivity contribution is 5.16. The van der Waals surface area contributed by atoms with Crippen LogP contribution in [0.5, 0.6) is 0 Å². The second-order valence-corrected chi connectivity index (χ2v) is 3.78. The zero-order valence-corrected chi connectivity index (χ0v) is 9.25. The van der Waals surface area contributed by atoms with Crippen molar-refractivity contribution in [3.63, 3.8) is 0 Å². The van der Waals surface area contributed by atoms with E-state index < -0.39 is 24.0 Å². The summed E-state index contributed by atoms with van der Waals surface area (Å²) in [6, 6.07) is 1.19. The van der Waals surface area contributed by atoms with Gasteiger partial charge in [-0.05, 0) is 10.6 Å². The Hall–Kier alpha value is -1.93. The monoisotopic (exact) mass is 253 g/mol. The number of aliphatic hydroxyl groups is 2. The predicted molar refractivity (Wildman–Crippen MR) is 58.9 cm³/mol. The average molecular weight is 253 g/mol. The zero-order chi connectivity index (χ0) is 13.1. The van der Waals surface area contributed by atoms with Crippen molar-refractivity contribution in [3.05, 3.63) is 33.1 Å². The van der Waals surface area contributed by atoms with E-state index in [4.69, 9.17) is 15.4 Å². The van der Waals surface area contributed by atoms with E-state index in [9.17, 15) is 9.90 Å². The fourth-order valence-electron chi connectivity index (χ4n) is 1.79. The number of ether oxygens (including phenoxy) is 1. The van der Waals surface area contributed by atoms with Gasteiger partial charge in [-0.3, -0.25) is 4.79 Å². The first kappa shape index (κ1) is 12.5. The van der Waals surface area contributed by atoms with E-state index in [0.717, 1.165) is 0 Å². The van der Waals surface area contributed by atoms with Gasteiger partial charge in [0.25, 0.3) is 5.56 Å². The van der Waals surface area contributed by atoms with Crippen LogP contribution in [0.25, 0.3) is 10.4 Å². The summed E-state index contributed by atoms with van der Waals surface area (Å²) in [6.45, 7) is -0.317. The van der Waals surface area contributed by atoms with Gasteiger partial charge in [-0.1, -0.05) is 0 Å². The minimum absolute atomic E-state index is 0.138. The van der Waals surface area contributed by atoms with Crippen molar-refractivity contribution < 1.29 is 14.9 Å². The molecule has 3 atom stereocenters. The molecule has 2 rings (SSSR count). The largest absolute Gasteiger partial charge is 0.394 e. The summed E-state index contributed by atoms with van der Waals surface area (Å²) in [4.78, 5) is 17.2. The Morgan fingerprint density at radius 3 is 3.11 bits per heavy atom. The highest BCUT2D eigenvalue weighted by Gasteiger charge is 2.34. The lowest BCUT2D eigenvalue weighted by molar-refractivity contribution is -0.0442. The standard InChI is InChI=1S/C9H11N5O4/c10-13-12-9-11-7(17)1-2-14(9)8-3-5(16)6(4-15)18-8/h1-2,5-6,8,15-16H,3-4H2/t5-,6+,8+/m0/s1. The van der Waals surface area contributed by atoms with Gasteiger partial charge in [0.15, 0.2) is 0 Å². The Balaban J connectivity index is 2.34. The van der Waals surface area contributed by atoms with Crippen LogP contribution in [0.1, 0.15) is 12.6 Å². The van der Waals surface area contributed by atoms with Gasteiger partial charge >= 0.3 is 0 Å². The number of hydrogen-bond donors (Lipinski definition) is 2. The third-order valence-electron chi connectivity index (χ3n) is 2.65. The number of hydrogen-bond acceptors (Lipinski definition) is 6. The Kier molecular flexibility index (Phi) is 3.58. The average Bonchev–Trinajstić information content (AvgIpc) is 2.71. The summed E-state index contributed by atoms with van der Waals surface area (Å²) < 4.78 is 6.72. The molecule has 9 nitrogen and oxygen atoms in total. The highest BCUT2D eigenvalue weighted by atomic mass is 16.5. The molecule has 1 aromatic heterocycles. The molecule has 2 N–H and O–H groups in total. The molecule has 9 heteroatoms. The second kappa shape index (κ2) is 5.15. The highest BCUT2D eigenvalue weighted by Crippen LogP contribution is 2.30. The fourth-order valence-corrected chi connectivity index (χ4v) is 1.79. The molecule has 0 radical (unpaired) electrons. The Labute approximate surface area is 101 Å². The third kappa shape index (κ3) is 2.34. The minimum Gasteiger partial charge on any atom is -0.394 e. The van der Waals surface area contributed by atoms with Gasteiger partial charge in [-0.25, -0.2) is 0 Å². The van der Waals surface area contributed by atoms with Crippen LogP contribution in [0.2, 0.25) is 0 Å². The van der Waals surface area contributed by atoms with E-state index >= 15 is 0 Å². The quantitative estimate of drug-likeness (QED) is 0.438. The molecule has 1 fully saturated rings. The van der Waals surface area contributed by atoms with Gasteiger partial charge in [0.05, 0.1) is 12.7 Å². The van der Waals surface area contributed by atoms with E-state index in [2.05, 4.69) is 15.0 Å². The molecular formula is C9H11N5O4. The summed E-state index contributed by atoms with van der Waals surface area (Å²) in [6.07, 6.45) is -0.572. The number of nitrogens with zero attached hydrogens (tertiary/aromatic N) is 5. The summed E-state index contributed by atoms with van der Waals surface area (Å²) in [5.74, 6) is -0.138. The summed E-state index contributed by atoms with van der Waals surface area (Å²) >= 11 is 0. The molecule has 0 unspecified atom stereocenters. The maximum atomic E-state index is 11.1. The first-order valence-corrected chi connectivity index (χ1v) is 5.24. The van der Waals surface area contributed by atoms with Crippen molar-refractivity contribution in [2.24, 2.45) is 5.11 Å². The van der Waals surface area contributed by atoms with Crippen LogP contribution in [0.15, 0.2) is 22.2 Å². The minimum atomic E-state index is -0.821. The Bertz CT molecular complexity index is 538. The van der Waals surface area contributed by atoms with E-state index in [1.807, 2.05) is 0 Å². The molecule has 96 valence electrons. The van der Waals surface area contributed by atoms with E-state index in [0.29, 0.717) is 0 Å². The molecule has 0 aliphatic carbocycles. The molecule has 0 spiro atoms. The SMILES string of the molecule is [N-]=[N+]=Nc1nc(=O)ccn1[C@H]1C[C@H](O)[C@@H](CO)O1. The summed E-state index contributed by atoms with van der Waals surface area (Å²) in [7, 11) is 0. The molecule has 1 aliphatic heterocycles. The number of azide groups is 1. The van der Waals surface area contributed by atoms with Crippen LogP contribution in [0.4, 0.5) is 5.95 Å². The van der Waals surface area contributed by atoms with Crippen molar-refractivity contribution in [1.82, 2.24) is 9.55 Å². The van der Waals surface area contributed by atoms with E-state index in [1.54, 1.807) is 0 Å². The third-order valence-corrected chi connectivity index (χ3v) is 2.65. The van der Waals surface area contributed by atoms with Gasteiger partial charge in [-0.15, -0.1) is 0 Å². The lowest BCUT2D eigenvalue weighted by Gasteiger charge is -2.16. The van der Waals surface area contributed by atoms with Gasteiger partial charge in [0.2, 0.25) is 5.95 Å². The van der Waals surface area contributed by atoms with Crippen LogP contribution in [0, 0.1) is 0 Å². The molecule has 1 aliphatic rings. The lowest BCUT2D eigenvalue weighted by atomic mass is 10.2. The number of aliphatic hydroxyl groups excluding tert-OH is 2. The van der Waals surface area contributed by atoms with Crippen LogP contribution in [-0.4, -0.2) is 38.6 Å². The molecule has 2 heterocycles. The van der Waals surface area contributed by atoms with Crippen LogP contribution in [-0.2, 0) is 4.74 Å². The van der Waals surface area contributed by atoms with Gasteiger partial charge in [0, 0.05) is 23.6 Å². The van der Waals surface area contributed by atoms with Crippen LogP contribution in [0.3, 0.4) is 0 Å². The molecule has 1 aromatic rings. The normalized spacial score (nSPS) is 26.9. The van der Waals surface area contributed by atoms with Crippen LogP contribution < -0.4 is 5.56 Å². The predicted octanol–water partition coefficient (Wildman–Crippen LogP) is -0.174. The van der Waals surface area contributed by atoms with Gasteiger partial charge < -0.3 is 19.5 Å². The second-order valence-electron chi connectivity index (χ2n) is 3.78. The van der Waals surface area contributed by atoms with Crippen molar-refractivity contribution in [1.29, 1.82) is 0 Å². The van der Waals surface area contributed by atoms with Gasteiger partial charge in [-0.2, -0.15) is 4.98 Å². The van der Waals surface area contributed by atoms with E-state index in [1.165, 1.54) is 16.8 Å². The molecule has 0 saturated carbocycles. The summed E-state index contributed by atoms with van der Waals surface area (Å²) in [5.41, 5.74) is 7.86. The molecule has 0 bridgehead atoms. The van der Waals surface area contributed by atoms with Gasteiger partial charge in [0.1, 0.15) is 12.3 Å². The molecule has 0 aromatic carbocycles. The number of aromatic nitrogens is 2. The molecule has 1 saturated heterocycles. The zero-order valence-electron chi connectivity index (χ0n) is 9.25. The topological polar surface area (TPSA) is 133 Å². The lowest BCUT2D eigenvalue weighted by Crippen LogP contribution is -2.24.